The standard InChI is InChI=1S/C11H21NO2/c1-3-4-9(2)8-14-11(13)7-12-10-5-6-10/h9-10,12H,3-8H2,1-2H3. The molecule has 1 unspecified atom stereocenters. The summed E-state index contributed by atoms with van der Waals surface area (Å²) in [6.07, 6.45) is 4.70. The molecule has 14 heavy (non-hydrogen) atoms. The molecule has 0 aromatic heterocycles. The summed E-state index contributed by atoms with van der Waals surface area (Å²) in [5.41, 5.74) is 0. The molecular formula is C11H21NO2. The molecule has 1 fully saturated rings. The summed E-state index contributed by atoms with van der Waals surface area (Å²) in [4.78, 5) is 11.2. The summed E-state index contributed by atoms with van der Waals surface area (Å²) in [6, 6.07) is 0.579. The Kier molecular flexibility index (Phi) is 4.94. The van der Waals surface area contributed by atoms with Gasteiger partial charge in [-0.1, -0.05) is 20.3 Å². The number of hydrogen-bond donors (Lipinski definition) is 1. The number of carbonyl (C=O) groups is 1. The van der Waals surface area contributed by atoms with Gasteiger partial charge < -0.3 is 10.1 Å². The first-order valence-corrected chi connectivity index (χ1v) is 5.61. The Morgan fingerprint density at radius 3 is 2.86 bits per heavy atom. The van der Waals surface area contributed by atoms with Gasteiger partial charge in [-0.3, -0.25) is 4.79 Å². The molecular weight excluding hydrogens is 178 g/mol. The largest absolute Gasteiger partial charge is 0.464 e. The lowest BCUT2D eigenvalue weighted by molar-refractivity contribution is -0.143. The van der Waals surface area contributed by atoms with E-state index in [-0.39, 0.29) is 5.97 Å². The fourth-order valence-electron chi connectivity index (χ4n) is 1.38. The van der Waals surface area contributed by atoms with Crippen molar-refractivity contribution in [3.8, 4) is 0 Å². The second kappa shape index (κ2) is 6.02. The second-order valence-corrected chi connectivity index (χ2v) is 4.23. The molecule has 82 valence electrons. The van der Waals surface area contributed by atoms with E-state index in [1.165, 1.54) is 12.8 Å². The summed E-state index contributed by atoms with van der Waals surface area (Å²) >= 11 is 0. The van der Waals surface area contributed by atoms with E-state index in [4.69, 9.17) is 4.74 Å². The van der Waals surface area contributed by atoms with Crippen molar-refractivity contribution in [2.45, 2.75) is 45.6 Å². The van der Waals surface area contributed by atoms with Crippen LogP contribution in [0.3, 0.4) is 0 Å². The van der Waals surface area contributed by atoms with E-state index in [0.29, 0.717) is 25.1 Å². The van der Waals surface area contributed by atoms with E-state index in [1.807, 2.05) is 0 Å². The number of hydrogen-bond acceptors (Lipinski definition) is 3. The molecule has 1 aliphatic carbocycles. The topological polar surface area (TPSA) is 38.3 Å². The summed E-state index contributed by atoms with van der Waals surface area (Å²) in [7, 11) is 0. The third-order valence-corrected chi connectivity index (χ3v) is 2.42. The zero-order valence-electron chi connectivity index (χ0n) is 9.21. The van der Waals surface area contributed by atoms with Crippen molar-refractivity contribution in [1.82, 2.24) is 5.32 Å². The maximum Gasteiger partial charge on any atom is 0.319 e. The average Bonchev–Trinajstić information content (AvgIpc) is 2.95. The van der Waals surface area contributed by atoms with Crippen LogP contribution in [0.4, 0.5) is 0 Å². The summed E-state index contributed by atoms with van der Waals surface area (Å²) < 4.78 is 5.13. The van der Waals surface area contributed by atoms with Crippen LogP contribution in [0.5, 0.6) is 0 Å². The quantitative estimate of drug-likeness (QED) is 0.634. The first kappa shape index (κ1) is 11.5. The van der Waals surface area contributed by atoms with E-state index < -0.39 is 0 Å². The van der Waals surface area contributed by atoms with Crippen LogP contribution in [0.25, 0.3) is 0 Å². The molecule has 3 heteroatoms. The molecule has 0 spiro atoms. The number of rotatable bonds is 7. The van der Waals surface area contributed by atoms with Gasteiger partial charge >= 0.3 is 5.97 Å². The number of nitrogens with one attached hydrogen (secondary N) is 1. The van der Waals surface area contributed by atoms with Gasteiger partial charge in [0, 0.05) is 6.04 Å². The molecule has 0 amide bonds. The molecule has 0 radical (unpaired) electrons. The van der Waals surface area contributed by atoms with E-state index in [1.54, 1.807) is 0 Å². The Labute approximate surface area is 86.2 Å². The van der Waals surface area contributed by atoms with Crippen LogP contribution < -0.4 is 5.32 Å². The van der Waals surface area contributed by atoms with Crippen molar-refractivity contribution in [2.75, 3.05) is 13.2 Å². The summed E-state index contributed by atoms with van der Waals surface area (Å²) in [5.74, 6) is 0.379. The molecule has 1 aliphatic rings. The lowest BCUT2D eigenvalue weighted by Crippen LogP contribution is -2.27. The Morgan fingerprint density at radius 2 is 2.29 bits per heavy atom. The van der Waals surface area contributed by atoms with Gasteiger partial charge in [-0.15, -0.1) is 0 Å². The highest BCUT2D eigenvalue weighted by atomic mass is 16.5. The first-order valence-electron chi connectivity index (χ1n) is 5.61. The summed E-state index contributed by atoms with van der Waals surface area (Å²) in [5, 5.41) is 3.14. The maximum absolute atomic E-state index is 11.2. The monoisotopic (exact) mass is 199 g/mol. The number of esters is 1. The fraction of sp³-hybridized carbons (Fsp3) is 0.909. The van der Waals surface area contributed by atoms with E-state index in [9.17, 15) is 4.79 Å². The van der Waals surface area contributed by atoms with Crippen LogP contribution in [0.1, 0.15) is 39.5 Å². The van der Waals surface area contributed by atoms with Crippen LogP contribution in [0.15, 0.2) is 0 Å². The fourth-order valence-corrected chi connectivity index (χ4v) is 1.38. The highest BCUT2D eigenvalue weighted by Gasteiger charge is 2.21. The maximum atomic E-state index is 11.2. The first-order chi connectivity index (χ1) is 6.72. The van der Waals surface area contributed by atoms with Gasteiger partial charge in [-0.05, 0) is 25.2 Å². The van der Waals surface area contributed by atoms with E-state index in [0.717, 1.165) is 12.8 Å². The number of ether oxygens (including phenoxy) is 1. The van der Waals surface area contributed by atoms with Crippen molar-refractivity contribution in [1.29, 1.82) is 0 Å². The van der Waals surface area contributed by atoms with Crippen molar-refractivity contribution in [3.63, 3.8) is 0 Å². The molecule has 1 rings (SSSR count). The normalized spacial score (nSPS) is 17.9. The molecule has 0 aromatic carbocycles. The minimum atomic E-state index is -0.111. The molecule has 0 aromatic rings. The predicted molar refractivity (Wildman–Crippen MR) is 56.1 cm³/mol. The van der Waals surface area contributed by atoms with Gasteiger partial charge in [0.2, 0.25) is 0 Å². The van der Waals surface area contributed by atoms with Crippen LogP contribution in [0.2, 0.25) is 0 Å². The van der Waals surface area contributed by atoms with Crippen LogP contribution in [-0.2, 0) is 9.53 Å². The Morgan fingerprint density at radius 1 is 1.57 bits per heavy atom. The highest BCUT2D eigenvalue weighted by Crippen LogP contribution is 2.18. The minimum Gasteiger partial charge on any atom is -0.464 e. The molecule has 0 aliphatic heterocycles. The minimum absolute atomic E-state index is 0.111. The Hall–Kier alpha value is -0.570. The zero-order chi connectivity index (χ0) is 10.4. The van der Waals surface area contributed by atoms with Crippen LogP contribution >= 0.6 is 0 Å². The molecule has 1 saturated carbocycles. The van der Waals surface area contributed by atoms with Crippen molar-refractivity contribution < 1.29 is 9.53 Å². The lowest BCUT2D eigenvalue weighted by Gasteiger charge is -2.10. The van der Waals surface area contributed by atoms with Gasteiger partial charge in [-0.2, -0.15) is 0 Å². The molecule has 0 heterocycles. The lowest BCUT2D eigenvalue weighted by atomic mass is 10.1. The second-order valence-electron chi connectivity index (χ2n) is 4.23. The molecule has 3 nitrogen and oxygen atoms in total. The van der Waals surface area contributed by atoms with Crippen molar-refractivity contribution in [2.24, 2.45) is 5.92 Å². The molecule has 0 saturated heterocycles. The van der Waals surface area contributed by atoms with Gasteiger partial charge in [0.15, 0.2) is 0 Å². The SMILES string of the molecule is CCCC(C)COC(=O)CNC1CC1. The molecule has 0 bridgehead atoms. The third kappa shape index (κ3) is 5.22. The van der Waals surface area contributed by atoms with Crippen LogP contribution in [-0.4, -0.2) is 25.2 Å². The van der Waals surface area contributed by atoms with Crippen molar-refractivity contribution in [3.05, 3.63) is 0 Å². The Bertz CT molecular complexity index is 178. The van der Waals surface area contributed by atoms with E-state index >= 15 is 0 Å². The average molecular weight is 199 g/mol. The van der Waals surface area contributed by atoms with Crippen molar-refractivity contribution >= 4 is 5.97 Å². The van der Waals surface area contributed by atoms with Gasteiger partial charge in [0.25, 0.3) is 0 Å². The third-order valence-electron chi connectivity index (χ3n) is 2.42. The Balaban J connectivity index is 1.95. The van der Waals surface area contributed by atoms with Gasteiger partial charge in [-0.25, -0.2) is 0 Å². The van der Waals surface area contributed by atoms with E-state index in [2.05, 4.69) is 19.2 Å². The zero-order valence-corrected chi connectivity index (χ0v) is 9.21. The summed E-state index contributed by atoms with van der Waals surface area (Å²) in [6.45, 7) is 5.21. The van der Waals surface area contributed by atoms with Crippen LogP contribution in [0, 0.1) is 5.92 Å². The number of carbonyl (C=O) groups excluding carboxylic acids is 1. The highest BCUT2D eigenvalue weighted by molar-refractivity contribution is 5.71. The molecule has 1 N–H and O–H groups in total. The predicted octanol–water partition coefficient (Wildman–Crippen LogP) is 1.72. The van der Waals surface area contributed by atoms with Gasteiger partial charge in [0.1, 0.15) is 0 Å². The smallest absolute Gasteiger partial charge is 0.319 e. The molecule has 1 atom stereocenters. The van der Waals surface area contributed by atoms with Gasteiger partial charge in [0.05, 0.1) is 13.2 Å².